The van der Waals surface area contributed by atoms with Crippen molar-refractivity contribution in [1.82, 2.24) is 0 Å². The van der Waals surface area contributed by atoms with Crippen molar-refractivity contribution in [3.63, 3.8) is 0 Å². The second kappa shape index (κ2) is 7.24. The molecule has 1 amide bonds. The monoisotopic (exact) mass is 301 g/mol. The van der Waals surface area contributed by atoms with Crippen molar-refractivity contribution in [1.29, 1.82) is 0 Å². The molecule has 0 bridgehead atoms. The van der Waals surface area contributed by atoms with E-state index in [0.29, 0.717) is 6.54 Å². The van der Waals surface area contributed by atoms with Crippen LogP contribution in [0, 0.1) is 0 Å². The zero-order valence-corrected chi connectivity index (χ0v) is 12.7. The van der Waals surface area contributed by atoms with Gasteiger partial charge in [0.2, 0.25) is 0 Å². The Morgan fingerprint density at radius 2 is 1.73 bits per heavy atom. The first-order valence-electron chi connectivity index (χ1n) is 7.84. The summed E-state index contributed by atoms with van der Waals surface area (Å²) < 4.78 is 5.40. The molecule has 116 valence electrons. The number of furan rings is 1. The third-order valence-electron chi connectivity index (χ3n) is 4.14. The summed E-state index contributed by atoms with van der Waals surface area (Å²) in [6.07, 6.45) is 1.73. The Bertz CT molecular complexity index is 575. The van der Waals surface area contributed by atoms with Crippen molar-refractivity contribution in [2.45, 2.75) is 6.54 Å². The molecule has 1 saturated heterocycles. The number of rotatable bonds is 5. The van der Waals surface area contributed by atoms with E-state index in [2.05, 4.69) is 5.32 Å². The molecule has 1 fully saturated rings. The number of hydrogen-bond acceptors (Lipinski definition) is 2. The third kappa shape index (κ3) is 4.19. The first-order valence-corrected chi connectivity index (χ1v) is 7.84. The molecule has 0 atom stereocenters. The lowest BCUT2D eigenvalue weighted by Gasteiger charge is -2.28. The zero-order chi connectivity index (χ0) is 15.2. The van der Waals surface area contributed by atoms with Gasteiger partial charge in [-0.2, -0.15) is 0 Å². The van der Waals surface area contributed by atoms with Crippen LogP contribution in [0.4, 0.5) is 5.69 Å². The Labute approximate surface area is 130 Å². The molecule has 3 N–H and O–H groups in total. The molecule has 1 aliphatic rings. The number of piperazine rings is 1. The minimum absolute atomic E-state index is 0.0932. The fourth-order valence-electron chi connectivity index (χ4n) is 2.92. The van der Waals surface area contributed by atoms with Gasteiger partial charge in [-0.15, -0.1) is 0 Å². The Morgan fingerprint density at radius 1 is 1.00 bits per heavy atom. The van der Waals surface area contributed by atoms with Crippen molar-refractivity contribution >= 4 is 11.6 Å². The minimum Gasteiger partial charge on any atom is -0.463 e. The van der Waals surface area contributed by atoms with Crippen molar-refractivity contribution in [3.05, 3.63) is 54.5 Å². The highest BCUT2D eigenvalue weighted by Crippen LogP contribution is 2.03. The van der Waals surface area contributed by atoms with Crippen LogP contribution < -0.4 is 15.1 Å². The quantitative estimate of drug-likeness (QED) is 0.677. The van der Waals surface area contributed by atoms with E-state index in [4.69, 9.17) is 4.42 Å². The summed E-state index contributed by atoms with van der Waals surface area (Å²) in [6.45, 7) is 5.69. The number of hydrogen-bond donors (Lipinski definition) is 3. The number of amides is 1. The maximum atomic E-state index is 12.1. The van der Waals surface area contributed by atoms with Gasteiger partial charge in [0, 0.05) is 5.69 Å². The number of carbonyl (C=O) groups excluding carboxylic acids is 1. The molecule has 0 saturated carbocycles. The normalized spacial score (nSPS) is 21.5. The molecule has 0 aliphatic carbocycles. The fraction of sp³-hybridized carbons (Fsp3) is 0.353. The van der Waals surface area contributed by atoms with E-state index in [9.17, 15) is 4.79 Å². The lowest BCUT2D eigenvalue weighted by Crippen LogP contribution is -3.28. The molecule has 22 heavy (non-hydrogen) atoms. The van der Waals surface area contributed by atoms with Gasteiger partial charge in [-0.05, 0) is 24.3 Å². The lowest BCUT2D eigenvalue weighted by atomic mass is 10.3. The van der Waals surface area contributed by atoms with Crippen LogP contribution in [-0.4, -0.2) is 38.6 Å². The highest BCUT2D eigenvalue weighted by molar-refractivity contribution is 5.91. The molecule has 5 heteroatoms. The lowest BCUT2D eigenvalue weighted by molar-refractivity contribution is -1.02. The number of para-hydroxylation sites is 1. The molecular weight excluding hydrogens is 278 g/mol. The summed E-state index contributed by atoms with van der Waals surface area (Å²) in [4.78, 5) is 15.0. The second-order valence-electron chi connectivity index (χ2n) is 5.85. The average molecular weight is 301 g/mol. The predicted molar refractivity (Wildman–Crippen MR) is 83.7 cm³/mol. The summed E-state index contributed by atoms with van der Waals surface area (Å²) in [6, 6.07) is 13.6. The van der Waals surface area contributed by atoms with Crippen LogP contribution in [0.1, 0.15) is 5.76 Å². The Hall–Kier alpha value is -2.11. The fourth-order valence-corrected chi connectivity index (χ4v) is 2.92. The average Bonchev–Trinajstić information content (AvgIpc) is 3.03. The van der Waals surface area contributed by atoms with Gasteiger partial charge in [0.05, 0.1) is 6.26 Å². The highest BCUT2D eigenvalue weighted by atomic mass is 16.3. The minimum atomic E-state index is 0.0932. The van der Waals surface area contributed by atoms with Gasteiger partial charge in [-0.1, -0.05) is 18.2 Å². The topological polar surface area (TPSA) is 51.1 Å². The summed E-state index contributed by atoms with van der Waals surface area (Å²) in [7, 11) is 0. The van der Waals surface area contributed by atoms with Crippen LogP contribution in [0.15, 0.2) is 53.1 Å². The highest BCUT2D eigenvalue weighted by Gasteiger charge is 2.25. The van der Waals surface area contributed by atoms with Crippen molar-refractivity contribution < 1.29 is 19.0 Å². The van der Waals surface area contributed by atoms with Gasteiger partial charge in [-0.3, -0.25) is 4.79 Å². The SMILES string of the molecule is O=C(C[NH+]1CC[NH+](Cc2ccco2)CC1)Nc1ccccc1. The molecule has 0 radical (unpaired) electrons. The van der Waals surface area contributed by atoms with Gasteiger partial charge in [0.1, 0.15) is 32.7 Å². The Kier molecular flexibility index (Phi) is 4.88. The smallest absolute Gasteiger partial charge is 0.279 e. The number of benzene rings is 1. The first kappa shape index (κ1) is 14.8. The standard InChI is InChI=1S/C17H21N3O2/c21-17(18-15-5-2-1-3-6-15)14-20-10-8-19(9-11-20)13-16-7-4-12-22-16/h1-7,12H,8-11,13-14H2,(H,18,21)/p+2. The van der Waals surface area contributed by atoms with Crippen LogP contribution in [-0.2, 0) is 11.3 Å². The van der Waals surface area contributed by atoms with Crippen molar-refractivity contribution in [2.75, 3.05) is 38.0 Å². The molecule has 0 unspecified atom stereocenters. The maximum Gasteiger partial charge on any atom is 0.279 e. The second-order valence-corrected chi connectivity index (χ2v) is 5.85. The largest absolute Gasteiger partial charge is 0.463 e. The van der Waals surface area contributed by atoms with E-state index in [-0.39, 0.29) is 5.91 Å². The molecule has 0 spiro atoms. The molecule has 1 aromatic heterocycles. The van der Waals surface area contributed by atoms with Crippen LogP contribution >= 0.6 is 0 Å². The number of nitrogens with one attached hydrogen (secondary N) is 3. The summed E-state index contributed by atoms with van der Waals surface area (Å²) in [5.41, 5.74) is 0.869. The van der Waals surface area contributed by atoms with Crippen LogP contribution in [0.25, 0.3) is 0 Å². The van der Waals surface area contributed by atoms with Crippen LogP contribution in [0.3, 0.4) is 0 Å². The van der Waals surface area contributed by atoms with Crippen LogP contribution in [0.2, 0.25) is 0 Å². The molecule has 2 aromatic rings. The summed E-state index contributed by atoms with van der Waals surface area (Å²) >= 11 is 0. The first-order chi connectivity index (χ1) is 10.8. The van der Waals surface area contributed by atoms with E-state index in [0.717, 1.165) is 44.2 Å². The van der Waals surface area contributed by atoms with E-state index in [1.54, 1.807) is 6.26 Å². The number of quaternary nitrogens is 2. The van der Waals surface area contributed by atoms with Crippen molar-refractivity contribution in [3.8, 4) is 0 Å². The van der Waals surface area contributed by atoms with Crippen molar-refractivity contribution in [2.24, 2.45) is 0 Å². The van der Waals surface area contributed by atoms with E-state index in [1.807, 2.05) is 42.5 Å². The van der Waals surface area contributed by atoms with E-state index >= 15 is 0 Å². The molecule has 3 rings (SSSR count). The molecule has 1 aromatic carbocycles. The van der Waals surface area contributed by atoms with Gasteiger partial charge < -0.3 is 19.5 Å². The van der Waals surface area contributed by atoms with E-state index in [1.165, 1.54) is 9.80 Å². The molecule has 5 nitrogen and oxygen atoms in total. The van der Waals surface area contributed by atoms with E-state index < -0.39 is 0 Å². The Morgan fingerprint density at radius 3 is 2.41 bits per heavy atom. The number of carbonyl (C=O) groups is 1. The Balaban J connectivity index is 1.41. The maximum absolute atomic E-state index is 12.1. The predicted octanol–water partition coefficient (Wildman–Crippen LogP) is -0.798. The van der Waals surface area contributed by atoms with Gasteiger partial charge in [0.25, 0.3) is 5.91 Å². The van der Waals surface area contributed by atoms with Gasteiger partial charge in [0.15, 0.2) is 12.3 Å². The molecule has 1 aliphatic heterocycles. The van der Waals surface area contributed by atoms with Gasteiger partial charge >= 0.3 is 0 Å². The zero-order valence-electron chi connectivity index (χ0n) is 12.7. The van der Waals surface area contributed by atoms with Crippen LogP contribution in [0.5, 0.6) is 0 Å². The summed E-state index contributed by atoms with van der Waals surface area (Å²) in [5, 5.41) is 2.96. The summed E-state index contributed by atoms with van der Waals surface area (Å²) in [5.74, 6) is 1.14. The molecule has 2 heterocycles. The van der Waals surface area contributed by atoms with Gasteiger partial charge in [-0.25, -0.2) is 0 Å². The third-order valence-corrected chi connectivity index (χ3v) is 4.14. The molecular formula is C17H23N3O2+2. The number of anilines is 1.